The third-order valence-electron chi connectivity index (χ3n) is 4.19. The van der Waals surface area contributed by atoms with Crippen molar-refractivity contribution in [3.63, 3.8) is 0 Å². The molecular weight excluding hydrogens is 314 g/mol. The Balaban J connectivity index is 1.83. The molecule has 0 aliphatic rings. The molecule has 3 heterocycles. The van der Waals surface area contributed by atoms with Crippen LogP contribution in [0.4, 0.5) is 5.95 Å². The number of nitrogens with zero attached hydrogens (tertiary/aromatic N) is 3. The van der Waals surface area contributed by atoms with Crippen LogP contribution >= 0.6 is 0 Å². The number of anilines is 1. The number of aromatic amines is 1. The number of nitrogens with one attached hydrogen (secondary N) is 2. The van der Waals surface area contributed by atoms with E-state index in [1.807, 2.05) is 39.0 Å². The van der Waals surface area contributed by atoms with Gasteiger partial charge in [0, 0.05) is 46.2 Å². The largest absolute Gasteiger partial charge is 0.363 e. The predicted octanol–water partition coefficient (Wildman–Crippen LogP) is 3.07. The summed E-state index contributed by atoms with van der Waals surface area (Å²) in [5.74, 6) is 0.512. The molecule has 25 heavy (non-hydrogen) atoms. The number of pyridine rings is 2. The molecule has 3 rings (SSSR count). The molecule has 0 aromatic carbocycles. The zero-order valence-corrected chi connectivity index (χ0v) is 14.8. The molecule has 6 heteroatoms. The highest BCUT2D eigenvalue weighted by Crippen LogP contribution is 2.21. The monoisotopic (exact) mass is 335 g/mol. The average Bonchev–Trinajstić information content (AvgIpc) is 2.59. The van der Waals surface area contributed by atoms with Crippen molar-refractivity contribution in [1.29, 1.82) is 0 Å². The van der Waals surface area contributed by atoms with Gasteiger partial charge in [-0.15, -0.1) is 0 Å². The lowest BCUT2D eigenvalue weighted by molar-refractivity contribution is 0.968. The summed E-state index contributed by atoms with van der Waals surface area (Å²) in [5.41, 5.74) is 6.02. The van der Waals surface area contributed by atoms with Gasteiger partial charge in [0.05, 0.1) is 12.2 Å². The third-order valence-corrected chi connectivity index (χ3v) is 4.19. The Hall–Kier alpha value is -3.02. The van der Waals surface area contributed by atoms with E-state index in [2.05, 4.69) is 25.3 Å². The Morgan fingerprint density at radius 3 is 2.64 bits per heavy atom. The molecule has 6 nitrogen and oxygen atoms in total. The van der Waals surface area contributed by atoms with Crippen LogP contribution in [0.1, 0.15) is 28.2 Å². The van der Waals surface area contributed by atoms with Crippen LogP contribution in [0.5, 0.6) is 0 Å². The highest BCUT2D eigenvalue weighted by atomic mass is 16.1. The smallest absolute Gasteiger partial charge is 0.223 e. The number of H-pyrrole nitrogens is 1. The number of aryl methyl sites for hydroxylation is 3. The molecule has 3 aromatic rings. The Morgan fingerprint density at radius 2 is 1.88 bits per heavy atom. The van der Waals surface area contributed by atoms with Crippen molar-refractivity contribution in [3.8, 4) is 11.3 Å². The lowest BCUT2D eigenvalue weighted by atomic mass is 10.1. The second-order valence-electron chi connectivity index (χ2n) is 6.11. The molecule has 0 unspecified atom stereocenters. The molecule has 0 bridgehead atoms. The van der Waals surface area contributed by atoms with Gasteiger partial charge in [0.2, 0.25) is 5.95 Å². The lowest BCUT2D eigenvalue weighted by Crippen LogP contribution is -2.16. The van der Waals surface area contributed by atoms with E-state index < -0.39 is 0 Å². The van der Waals surface area contributed by atoms with Crippen molar-refractivity contribution >= 4 is 5.95 Å². The molecule has 0 spiro atoms. The van der Waals surface area contributed by atoms with Gasteiger partial charge in [-0.25, -0.2) is 9.97 Å². The van der Waals surface area contributed by atoms with Crippen LogP contribution in [0.25, 0.3) is 11.3 Å². The van der Waals surface area contributed by atoms with Crippen molar-refractivity contribution < 1.29 is 0 Å². The molecule has 0 radical (unpaired) electrons. The molecule has 0 fully saturated rings. The van der Waals surface area contributed by atoms with E-state index in [1.54, 1.807) is 19.3 Å². The Kier molecular flexibility index (Phi) is 4.61. The quantitative estimate of drug-likeness (QED) is 0.765. The van der Waals surface area contributed by atoms with Gasteiger partial charge in [-0.3, -0.25) is 9.78 Å². The molecule has 0 atom stereocenters. The molecule has 128 valence electrons. The minimum absolute atomic E-state index is 0.0616. The molecule has 0 saturated heterocycles. The first-order chi connectivity index (χ1) is 12.0. The van der Waals surface area contributed by atoms with Gasteiger partial charge in [-0.1, -0.05) is 0 Å². The van der Waals surface area contributed by atoms with E-state index in [1.165, 1.54) is 0 Å². The van der Waals surface area contributed by atoms with Crippen LogP contribution < -0.4 is 10.7 Å². The van der Waals surface area contributed by atoms with Crippen LogP contribution in [0, 0.1) is 27.7 Å². The molecule has 0 aliphatic carbocycles. The number of hydrogen-bond donors (Lipinski definition) is 2. The van der Waals surface area contributed by atoms with Crippen molar-refractivity contribution in [3.05, 3.63) is 69.0 Å². The summed E-state index contributed by atoms with van der Waals surface area (Å²) < 4.78 is 0. The lowest BCUT2D eigenvalue weighted by Gasteiger charge is -2.10. The standard InChI is InChI=1S/C19H21N5O/c1-11-9-21-17(13(3)18(11)25)10-22-19-20-8-7-16(24-19)15-6-5-12(2)23-14(15)4/h5-9H,10H2,1-4H3,(H,21,25)(H,20,22,24). The Morgan fingerprint density at radius 1 is 1.08 bits per heavy atom. The van der Waals surface area contributed by atoms with E-state index in [0.717, 1.165) is 28.3 Å². The van der Waals surface area contributed by atoms with E-state index in [4.69, 9.17) is 0 Å². The summed E-state index contributed by atoms with van der Waals surface area (Å²) in [6.45, 7) is 8.01. The number of aromatic nitrogens is 4. The van der Waals surface area contributed by atoms with Crippen molar-refractivity contribution in [1.82, 2.24) is 19.9 Å². The number of hydrogen-bond acceptors (Lipinski definition) is 5. The normalized spacial score (nSPS) is 10.7. The summed E-state index contributed by atoms with van der Waals surface area (Å²) in [6, 6.07) is 5.85. The first-order valence-corrected chi connectivity index (χ1v) is 8.15. The van der Waals surface area contributed by atoms with Crippen molar-refractivity contribution in [2.24, 2.45) is 0 Å². The topological polar surface area (TPSA) is 83.6 Å². The van der Waals surface area contributed by atoms with E-state index >= 15 is 0 Å². The maximum atomic E-state index is 12.0. The highest BCUT2D eigenvalue weighted by molar-refractivity contribution is 5.62. The minimum atomic E-state index is 0.0616. The minimum Gasteiger partial charge on any atom is -0.363 e. The fourth-order valence-corrected chi connectivity index (χ4v) is 2.70. The Labute approximate surface area is 146 Å². The van der Waals surface area contributed by atoms with Crippen LogP contribution in [0.2, 0.25) is 0 Å². The van der Waals surface area contributed by atoms with E-state index in [9.17, 15) is 4.79 Å². The van der Waals surface area contributed by atoms with E-state index in [-0.39, 0.29) is 5.43 Å². The van der Waals surface area contributed by atoms with E-state index in [0.29, 0.717) is 23.6 Å². The average molecular weight is 335 g/mol. The van der Waals surface area contributed by atoms with Gasteiger partial charge in [0.1, 0.15) is 0 Å². The summed E-state index contributed by atoms with van der Waals surface area (Å²) in [7, 11) is 0. The zero-order chi connectivity index (χ0) is 18.0. The second kappa shape index (κ2) is 6.84. The molecule has 3 aromatic heterocycles. The third kappa shape index (κ3) is 3.57. The SMILES string of the molecule is Cc1ccc(-c2ccnc(NCc3[nH]cc(C)c(=O)c3C)n2)c(C)n1. The summed E-state index contributed by atoms with van der Waals surface area (Å²) in [4.78, 5) is 28.5. The van der Waals surface area contributed by atoms with Crippen LogP contribution in [-0.4, -0.2) is 19.9 Å². The predicted molar refractivity (Wildman–Crippen MR) is 98.6 cm³/mol. The van der Waals surface area contributed by atoms with Crippen LogP contribution in [-0.2, 0) is 6.54 Å². The van der Waals surface area contributed by atoms with Gasteiger partial charge in [-0.2, -0.15) is 0 Å². The van der Waals surface area contributed by atoms with Crippen LogP contribution in [0.15, 0.2) is 35.4 Å². The van der Waals surface area contributed by atoms with Crippen molar-refractivity contribution in [2.45, 2.75) is 34.2 Å². The fourth-order valence-electron chi connectivity index (χ4n) is 2.70. The summed E-state index contributed by atoms with van der Waals surface area (Å²) in [5, 5.41) is 3.18. The van der Waals surface area contributed by atoms with Crippen LogP contribution in [0.3, 0.4) is 0 Å². The molecule has 0 aliphatic heterocycles. The molecule has 0 saturated carbocycles. The Bertz CT molecular complexity index is 978. The first-order valence-electron chi connectivity index (χ1n) is 8.15. The summed E-state index contributed by atoms with van der Waals surface area (Å²) in [6.07, 6.45) is 3.44. The summed E-state index contributed by atoms with van der Waals surface area (Å²) >= 11 is 0. The van der Waals surface area contributed by atoms with Gasteiger partial charge in [-0.05, 0) is 45.9 Å². The van der Waals surface area contributed by atoms with Gasteiger partial charge in [0.15, 0.2) is 5.43 Å². The maximum absolute atomic E-state index is 12.0. The zero-order valence-electron chi connectivity index (χ0n) is 14.8. The second-order valence-corrected chi connectivity index (χ2v) is 6.11. The van der Waals surface area contributed by atoms with Gasteiger partial charge >= 0.3 is 0 Å². The molecule has 0 amide bonds. The number of rotatable bonds is 4. The highest BCUT2D eigenvalue weighted by Gasteiger charge is 2.08. The van der Waals surface area contributed by atoms with Crippen molar-refractivity contribution in [2.75, 3.05) is 5.32 Å². The van der Waals surface area contributed by atoms with Gasteiger partial charge < -0.3 is 10.3 Å². The van der Waals surface area contributed by atoms with Gasteiger partial charge in [0.25, 0.3) is 0 Å². The first kappa shape index (κ1) is 16.8. The fraction of sp³-hybridized carbons (Fsp3) is 0.263. The maximum Gasteiger partial charge on any atom is 0.223 e. The molecular formula is C19H21N5O. The molecule has 2 N–H and O–H groups in total.